The van der Waals surface area contributed by atoms with Gasteiger partial charge in [0, 0.05) is 12.3 Å². The Morgan fingerprint density at radius 2 is 1.95 bits per heavy atom. The third kappa shape index (κ3) is 1.34. The van der Waals surface area contributed by atoms with Crippen molar-refractivity contribution in [2.24, 2.45) is 23.7 Å². The fourth-order valence-electron chi connectivity index (χ4n) is 5.03. The molecule has 1 saturated carbocycles. The molecular weight excluding hydrogens is 244 g/mol. The van der Waals surface area contributed by atoms with E-state index in [2.05, 4.69) is 6.92 Å². The first-order valence-corrected chi connectivity index (χ1v) is 7.55. The van der Waals surface area contributed by atoms with Gasteiger partial charge in [0.25, 0.3) is 0 Å². The minimum Gasteiger partial charge on any atom is -0.432 e. The zero-order chi connectivity index (χ0) is 13.4. The summed E-state index contributed by atoms with van der Waals surface area (Å²) >= 11 is 0. The molecule has 3 heterocycles. The summed E-state index contributed by atoms with van der Waals surface area (Å²) in [5, 5.41) is 0. The maximum atomic E-state index is 12.1. The molecule has 2 bridgehead atoms. The molecule has 4 fully saturated rings. The number of hydrogen-bond acceptors (Lipinski definition) is 4. The number of carbonyl (C=O) groups is 1. The van der Waals surface area contributed by atoms with Crippen LogP contribution in [-0.4, -0.2) is 23.6 Å². The second kappa shape index (κ2) is 3.53. The normalized spacial score (nSPS) is 59.5. The van der Waals surface area contributed by atoms with Gasteiger partial charge in [-0.1, -0.05) is 13.8 Å². The van der Waals surface area contributed by atoms with E-state index in [-0.39, 0.29) is 23.4 Å². The highest BCUT2D eigenvalue weighted by Gasteiger charge is 2.72. The topological polar surface area (TPSA) is 44.8 Å². The average molecular weight is 266 g/mol. The molecule has 0 amide bonds. The predicted molar refractivity (Wildman–Crippen MR) is 67.0 cm³/mol. The van der Waals surface area contributed by atoms with Gasteiger partial charge in [0.2, 0.25) is 6.29 Å². The SMILES string of the molecule is CC1CCC2C(C)C(=O)OC3O[C@@]4(C)CCC1[C@]32O4. The van der Waals surface area contributed by atoms with Crippen molar-refractivity contribution < 1.29 is 19.0 Å². The molecule has 4 rings (SSSR count). The maximum Gasteiger partial charge on any atom is 0.311 e. The maximum absolute atomic E-state index is 12.1. The minimum absolute atomic E-state index is 0.0738. The molecule has 5 unspecified atom stereocenters. The van der Waals surface area contributed by atoms with Gasteiger partial charge in [0.15, 0.2) is 5.79 Å². The molecular formula is C15H22O4. The zero-order valence-electron chi connectivity index (χ0n) is 11.8. The minimum atomic E-state index is -0.555. The summed E-state index contributed by atoms with van der Waals surface area (Å²) < 4.78 is 18.0. The van der Waals surface area contributed by atoms with Crippen LogP contribution in [-0.2, 0) is 19.0 Å². The van der Waals surface area contributed by atoms with Gasteiger partial charge in [-0.25, -0.2) is 0 Å². The summed E-state index contributed by atoms with van der Waals surface area (Å²) in [6.07, 6.45) is 3.76. The third-order valence-corrected chi connectivity index (χ3v) is 6.00. The van der Waals surface area contributed by atoms with Crippen molar-refractivity contribution in [3.63, 3.8) is 0 Å². The van der Waals surface area contributed by atoms with Gasteiger partial charge in [-0.3, -0.25) is 4.79 Å². The number of ether oxygens (including phenoxy) is 3. The zero-order valence-corrected chi connectivity index (χ0v) is 11.8. The highest BCUT2D eigenvalue weighted by atomic mass is 16.8. The summed E-state index contributed by atoms with van der Waals surface area (Å²) in [7, 11) is 0. The largest absolute Gasteiger partial charge is 0.432 e. The standard InChI is InChI=1S/C15H22O4/c1-8-4-5-11-9(2)12(16)17-13-15(11)10(8)6-7-14(3,18-13)19-15/h8-11,13H,4-7H2,1-3H3/t8?,9?,10?,11?,13?,14-,15-/m1/s1. The summed E-state index contributed by atoms with van der Waals surface area (Å²) in [5.41, 5.74) is -0.377. The summed E-state index contributed by atoms with van der Waals surface area (Å²) in [6, 6.07) is 0. The van der Waals surface area contributed by atoms with Crippen LogP contribution in [0.4, 0.5) is 0 Å². The molecule has 0 N–H and O–H groups in total. The van der Waals surface area contributed by atoms with Crippen LogP contribution >= 0.6 is 0 Å². The molecule has 7 atom stereocenters. The Balaban J connectivity index is 1.84. The monoisotopic (exact) mass is 266 g/mol. The molecule has 0 radical (unpaired) electrons. The number of esters is 1. The Kier molecular flexibility index (Phi) is 2.26. The van der Waals surface area contributed by atoms with E-state index in [1.165, 1.54) is 6.42 Å². The van der Waals surface area contributed by atoms with Crippen molar-refractivity contribution in [3.05, 3.63) is 0 Å². The smallest absolute Gasteiger partial charge is 0.311 e. The fourth-order valence-corrected chi connectivity index (χ4v) is 5.03. The van der Waals surface area contributed by atoms with E-state index >= 15 is 0 Å². The van der Waals surface area contributed by atoms with Gasteiger partial charge in [-0.15, -0.1) is 0 Å². The molecule has 106 valence electrons. The lowest BCUT2D eigenvalue weighted by Crippen LogP contribution is -2.65. The van der Waals surface area contributed by atoms with E-state index in [4.69, 9.17) is 14.2 Å². The fraction of sp³-hybridized carbons (Fsp3) is 0.933. The highest BCUT2D eigenvalue weighted by Crippen LogP contribution is 2.62. The summed E-state index contributed by atoms with van der Waals surface area (Å²) in [6.45, 7) is 6.28. The molecule has 4 aliphatic rings. The van der Waals surface area contributed by atoms with Crippen LogP contribution in [0.3, 0.4) is 0 Å². The first-order chi connectivity index (χ1) is 8.96. The van der Waals surface area contributed by atoms with Crippen LogP contribution in [0, 0.1) is 23.7 Å². The van der Waals surface area contributed by atoms with Crippen LogP contribution in [0.2, 0.25) is 0 Å². The third-order valence-electron chi connectivity index (χ3n) is 6.00. The van der Waals surface area contributed by atoms with Crippen molar-refractivity contribution in [3.8, 4) is 0 Å². The number of carbonyl (C=O) groups excluding carboxylic acids is 1. The molecule has 3 aliphatic heterocycles. The lowest BCUT2D eigenvalue weighted by atomic mass is 9.57. The van der Waals surface area contributed by atoms with Gasteiger partial charge in [0.05, 0.1) is 5.92 Å². The first-order valence-electron chi connectivity index (χ1n) is 7.55. The van der Waals surface area contributed by atoms with Gasteiger partial charge < -0.3 is 14.2 Å². The van der Waals surface area contributed by atoms with Crippen LogP contribution in [0.25, 0.3) is 0 Å². The second-order valence-electron chi connectivity index (χ2n) is 7.07. The highest BCUT2D eigenvalue weighted by molar-refractivity contribution is 5.74. The number of rotatable bonds is 0. The molecule has 1 aliphatic carbocycles. The van der Waals surface area contributed by atoms with Crippen LogP contribution < -0.4 is 0 Å². The van der Waals surface area contributed by atoms with Crippen molar-refractivity contribution in [2.45, 2.75) is 64.1 Å². The predicted octanol–water partition coefficient (Wildman–Crippen LogP) is 2.46. The molecule has 3 saturated heterocycles. The van der Waals surface area contributed by atoms with Crippen LogP contribution in [0.5, 0.6) is 0 Å². The quantitative estimate of drug-likeness (QED) is 0.632. The van der Waals surface area contributed by atoms with Crippen LogP contribution in [0.15, 0.2) is 0 Å². The van der Waals surface area contributed by atoms with Crippen molar-refractivity contribution in [1.29, 1.82) is 0 Å². The Morgan fingerprint density at radius 1 is 1.16 bits per heavy atom. The molecule has 0 aromatic rings. The van der Waals surface area contributed by atoms with Gasteiger partial charge in [-0.05, 0) is 38.0 Å². The Bertz CT molecular complexity index is 436. The molecule has 4 nitrogen and oxygen atoms in total. The number of hydrogen-bond donors (Lipinski definition) is 0. The van der Waals surface area contributed by atoms with E-state index in [1.54, 1.807) is 0 Å². The Morgan fingerprint density at radius 3 is 2.74 bits per heavy atom. The van der Waals surface area contributed by atoms with E-state index in [1.807, 2.05) is 13.8 Å². The summed E-state index contributed by atoms with van der Waals surface area (Å²) in [4.78, 5) is 12.1. The van der Waals surface area contributed by atoms with Gasteiger partial charge in [-0.2, -0.15) is 0 Å². The molecule has 4 heteroatoms. The van der Waals surface area contributed by atoms with Crippen LogP contribution in [0.1, 0.15) is 46.5 Å². The summed E-state index contributed by atoms with van der Waals surface area (Å²) in [5.74, 6) is 0.586. The molecule has 0 aromatic heterocycles. The van der Waals surface area contributed by atoms with Crippen molar-refractivity contribution in [1.82, 2.24) is 0 Å². The van der Waals surface area contributed by atoms with E-state index < -0.39 is 12.1 Å². The van der Waals surface area contributed by atoms with Gasteiger partial charge >= 0.3 is 5.97 Å². The van der Waals surface area contributed by atoms with E-state index in [0.29, 0.717) is 11.8 Å². The molecule has 19 heavy (non-hydrogen) atoms. The Labute approximate surface area is 113 Å². The van der Waals surface area contributed by atoms with Crippen molar-refractivity contribution in [2.75, 3.05) is 0 Å². The molecule has 1 spiro atoms. The van der Waals surface area contributed by atoms with E-state index in [0.717, 1.165) is 19.3 Å². The average Bonchev–Trinajstić information content (AvgIpc) is 2.56. The number of fused-ring (bicyclic) bond motifs is 1. The Hall–Kier alpha value is -0.610. The molecule has 0 aromatic carbocycles. The van der Waals surface area contributed by atoms with Gasteiger partial charge in [0.1, 0.15) is 5.60 Å². The lowest BCUT2D eigenvalue weighted by molar-refractivity contribution is -0.263. The lowest BCUT2D eigenvalue weighted by Gasteiger charge is -2.56. The van der Waals surface area contributed by atoms with E-state index in [9.17, 15) is 4.79 Å². The second-order valence-corrected chi connectivity index (χ2v) is 7.07. The van der Waals surface area contributed by atoms with Crippen molar-refractivity contribution >= 4 is 5.97 Å². The first kappa shape index (κ1) is 12.2.